The van der Waals surface area contributed by atoms with E-state index >= 15 is 0 Å². The van der Waals surface area contributed by atoms with Gasteiger partial charge in [0.05, 0.1) is 17.9 Å². The SMILES string of the molecule is Cl.O=C(c1ccc(Cl)cc1Cl)C(Cl)(Cn1ccnc1)c1ccccc1. The Labute approximate surface area is 167 Å². The van der Waals surface area contributed by atoms with Gasteiger partial charge in [0, 0.05) is 23.0 Å². The molecule has 0 amide bonds. The molecule has 0 saturated heterocycles. The Bertz CT molecular complexity index is 853. The van der Waals surface area contributed by atoms with E-state index in [1.54, 1.807) is 35.4 Å². The van der Waals surface area contributed by atoms with E-state index in [1.807, 2.05) is 30.3 Å². The van der Waals surface area contributed by atoms with Crippen molar-refractivity contribution < 1.29 is 4.79 Å². The average molecular weight is 416 g/mol. The predicted octanol–water partition coefficient (Wildman–Crippen LogP) is 5.63. The van der Waals surface area contributed by atoms with Crippen molar-refractivity contribution >= 4 is 53.0 Å². The van der Waals surface area contributed by atoms with Crippen LogP contribution in [0.3, 0.4) is 0 Å². The molecule has 0 fully saturated rings. The standard InChI is InChI=1S/C18H13Cl3N2O.ClH/c19-14-6-7-15(16(20)10-14)17(24)18(21,11-23-9-8-22-12-23)13-4-2-1-3-5-13;/h1-10,12H,11H2;1H. The molecule has 25 heavy (non-hydrogen) atoms. The van der Waals surface area contributed by atoms with Crippen LogP contribution in [0.15, 0.2) is 67.3 Å². The minimum Gasteiger partial charge on any atom is -0.335 e. The van der Waals surface area contributed by atoms with Gasteiger partial charge in [-0.2, -0.15) is 0 Å². The van der Waals surface area contributed by atoms with Crippen molar-refractivity contribution in [3.05, 3.63) is 88.4 Å². The molecule has 3 nitrogen and oxygen atoms in total. The molecule has 3 aromatic rings. The van der Waals surface area contributed by atoms with Gasteiger partial charge in [-0.25, -0.2) is 4.98 Å². The number of alkyl halides is 1. The molecule has 0 N–H and O–H groups in total. The molecule has 0 spiro atoms. The van der Waals surface area contributed by atoms with E-state index in [0.29, 0.717) is 16.1 Å². The van der Waals surface area contributed by atoms with Crippen molar-refractivity contribution in [2.75, 3.05) is 0 Å². The molecule has 0 saturated carbocycles. The van der Waals surface area contributed by atoms with Gasteiger partial charge in [0.2, 0.25) is 0 Å². The summed E-state index contributed by atoms with van der Waals surface area (Å²) in [6, 6.07) is 14.0. The van der Waals surface area contributed by atoms with Crippen LogP contribution in [0.4, 0.5) is 0 Å². The number of carbonyl (C=O) groups excluding carboxylic acids is 1. The monoisotopic (exact) mass is 414 g/mol. The Kier molecular flexibility index (Phi) is 6.53. The summed E-state index contributed by atoms with van der Waals surface area (Å²) in [5.74, 6) is -0.286. The number of halogens is 4. The lowest BCUT2D eigenvalue weighted by molar-refractivity contribution is 0.0926. The van der Waals surface area contributed by atoms with Crippen molar-refractivity contribution in [3.8, 4) is 0 Å². The van der Waals surface area contributed by atoms with Crippen LogP contribution in [-0.2, 0) is 11.4 Å². The maximum Gasteiger partial charge on any atom is 0.191 e. The number of hydrogen-bond acceptors (Lipinski definition) is 2. The minimum atomic E-state index is -1.31. The third-order valence-electron chi connectivity index (χ3n) is 3.73. The van der Waals surface area contributed by atoms with Crippen LogP contribution in [-0.4, -0.2) is 15.3 Å². The van der Waals surface area contributed by atoms with Crippen molar-refractivity contribution in [1.29, 1.82) is 0 Å². The Morgan fingerprint density at radius 2 is 1.84 bits per heavy atom. The summed E-state index contributed by atoms with van der Waals surface area (Å²) < 4.78 is 1.77. The topological polar surface area (TPSA) is 34.9 Å². The molecule has 0 aliphatic heterocycles. The van der Waals surface area contributed by atoms with Crippen LogP contribution in [0.5, 0.6) is 0 Å². The minimum absolute atomic E-state index is 0. The third kappa shape index (κ3) is 4.18. The molecule has 1 aromatic heterocycles. The molecule has 0 radical (unpaired) electrons. The number of carbonyl (C=O) groups is 1. The van der Waals surface area contributed by atoms with Gasteiger partial charge in [-0.05, 0) is 23.8 Å². The molecule has 2 aromatic carbocycles. The highest BCUT2D eigenvalue weighted by Crippen LogP contribution is 2.37. The van der Waals surface area contributed by atoms with Crippen LogP contribution in [0.1, 0.15) is 15.9 Å². The molecule has 0 bridgehead atoms. The van der Waals surface area contributed by atoms with Crippen molar-refractivity contribution in [3.63, 3.8) is 0 Å². The van der Waals surface area contributed by atoms with Gasteiger partial charge < -0.3 is 4.57 Å². The highest BCUT2D eigenvalue weighted by atomic mass is 35.5. The summed E-state index contributed by atoms with van der Waals surface area (Å²) in [5.41, 5.74) is 1.02. The first-order valence-electron chi connectivity index (χ1n) is 7.21. The second-order valence-electron chi connectivity index (χ2n) is 5.36. The van der Waals surface area contributed by atoms with E-state index in [4.69, 9.17) is 34.8 Å². The lowest BCUT2D eigenvalue weighted by atomic mass is 9.89. The number of rotatable bonds is 5. The second-order valence-corrected chi connectivity index (χ2v) is 6.84. The van der Waals surface area contributed by atoms with Gasteiger partial charge >= 0.3 is 0 Å². The van der Waals surface area contributed by atoms with Gasteiger partial charge in [0.1, 0.15) is 0 Å². The molecule has 0 aliphatic rings. The predicted molar refractivity (Wildman–Crippen MR) is 104 cm³/mol. The zero-order chi connectivity index (χ0) is 17.2. The summed E-state index contributed by atoms with van der Waals surface area (Å²) in [4.78, 5) is 15.9. The van der Waals surface area contributed by atoms with Crippen molar-refractivity contribution in [1.82, 2.24) is 9.55 Å². The van der Waals surface area contributed by atoms with Gasteiger partial charge in [-0.15, -0.1) is 24.0 Å². The zero-order valence-electron chi connectivity index (χ0n) is 12.9. The summed E-state index contributed by atoms with van der Waals surface area (Å²) in [7, 11) is 0. The molecule has 1 heterocycles. The van der Waals surface area contributed by atoms with Crippen LogP contribution in [0.2, 0.25) is 10.0 Å². The smallest absolute Gasteiger partial charge is 0.191 e. The lowest BCUT2D eigenvalue weighted by Crippen LogP contribution is -2.34. The third-order valence-corrected chi connectivity index (χ3v) is 4.78. The lowest BCUT2D eigenvalue weighted by Gasteiger charge is -2.27. The summed E-state index contributed by atoms with van der Waals surface area (Å²) in [6.45, 7) is 0.232. The fraction of sp³-hybridized carbons (Fsp3) is 0.111. The number of imidazole rings is 1. The van der Waals surface area contributed by atoms with Crippen molar-refractivity contribution in [2.45, 2.75) is 11.4 Å². The second kappa shape index (κ2) is 8.24. The Balaban J connectivity index is 0.00000225. The average Bonchev–Trinajstić information content (AvgIpc) is 3.08. The van der Waals surface area contributed by atoms with Crippen LogP contribution in [0, 0.1) is 0 Å². The fourth-order valence-electron chi connectivity index (χ4n) is 2.52. The number of aromatic nitrogens is 2. The van der Waals surface area contributed by atoms with Gasteiger partial charge in [0.25, 0.3) is 0 Å². The van der Waals surface area contributed by atoms with E-state index in [0.717, 1.165) is 0 Å². The molecular formula is C18H14Cl4N2O. The molecule has 3 rings (SSSR count). The Hall–Kier alpha value is -1.52. The maximum absolute atomic E-state index is 13.2. The molecule has 7 heteroatoms. The highest BCUT2D eigenvalue weighted by Gasteiger charge is 2.40. The van der Waals surface area contributed by atoms with E-state index in [2.05, 4.69) is 4.98 Å². The molecule has 1 unspecified atom stereocenters. The van der Waals surface area contributed by atoms with E-state index in [9.17, 15) is 4.79 Å². The van der Waals surface area contributed by atoms with Crippen molar-refractivity contribution in [2.24, 2.45) is 0 Å². The van der Waals surface area contributed by atoms with Crippen LogP contribution < -0.4 is 0 Å². The zero-order valence-corrected chi connectivity index (χ0v) is 16.0. The number of Topliss-reactive ketones (excluding diaryl/α,β-unsaturated/α-hetero) is 1. The summed E-state index contributed by atoms with van der Waals surface area (Å²) in [6.07, 6.45) is 5.02. The summed E-state index contributed by atoms with van der Waals surface area (Å²) >= 11 is 19.0. The first-order valence-corrected chi connectivity index (χ1v) is 8.34. The number of ketones is 1. The molecule has 130 valence electrons. The number of benzene rings is 2. The van der Waals surface area contributed by atoms with Crippen LogP contribution in [0.25, 0.3) is 0 Å². The first kappa shape index (κ1) is 19.8. The van der Waals surface area contributed by atoms with Gasteiger partial charge in [-0.1, -0.05) is 53.5 Å². The normalized spacial score (nSPS) is 12.9. The Morgan fingerprint density at radius 3 is 2.44 bits per heavy atom. The van der Waals surface area contributed by atoms with Gasteiger partial charge in [-0.3, -0.25) is 4.79 Å². The quantitative estimate of drug-likeness (QED) is 0.399. The summed E-state index contributed by atoms with van der Waals surface area (Å²) in [5, 5.41) is 0.741. The molecule has 0 aliphatic carbocycles. The molecule has 1 atom stereocenters. The maximum atomic E-state index is 13.2. The fourth-order valence-corrected chi connectivity index (χ4v) is 3.38. The van der Waals surface area contributed by atoms with Crippen LogP contribution >= 0.6 is 47.2 Å². The van der Waals surface area contributed by atoms with Gasteiger partial charge in [0.15, 0.2) is 10.7 Å². The van der Waals surface area contributed by atoms with E-state index < -0.39 is 4.87 Å². The van der Waals surface area contributed by atoms with E-state index in [1.165, 1.54) is 6.07 Å². The first-order chi connectivity index (χ1) is 11.5. The highest BCUT2D eigenvalue weighted by molar-refractivity contribution is 6.42. The molecular weight excluding hydrogens is 402 g/mol. The van der Waals surface area contributed by atoms with E-state index in [-0.39, 0.29) is 29.8 Å². The largest absolute Gasteiger partial charge is 0.335 e. The Morgan fingerprint density at radius 1 is 1.12 bits per heavy atom. The number of nitrogens with zero attached hydrogens (tertiary/aromatic N) is 2. The number of hydrogen-bond donors (Lipinski definition) is 0.